The molecule has 0 saturated carbocycles. The molecule has 0 spiro atoms. The van der Waals surface area contributed by atoms with Crippen molar-refractivity contribution in [2.24, 2.45) is 0 Å². The van der Waals surface area contributed by atoms with E-state index in [0.29, 0.717) is 19.5 Å². The highest BCUT2D eigenvalue weighted by Crippen LogP contribution is 2.05. The standard InChI is InChI=1S/C13H18FN3O2/c1-15-7-6-12(18)16-8-9-17-13(19)10-4-2-3-5-11(10)14/h2-5,15H,6-9H2,1H3,(H,16,18)(H,17,19). The van der Waals surface area contributed by atoms with Gasteiger partial charge in [-0.15, -0.1) is 0 Å². The second kappa shape index (κ2) is 8.20. The van der Waals surface area contributed by atoms with E-state index in [1.54, 1.807) is 13.1 Å². The fourth-order valence-corrected chi connectivity index (χ4v) is 1.45. The monoisotopic (exact) mass is 267 g/mol. The van der Waals surface area contributed by atoms with Crippen LogP contribution >= 0.6 is 0 Å². The number of hydrogen-bond acceptors (Lipinski definition) is 3. The largest absolute Gasteiger partial charge is 0.354 e. The summed E-state index contributed by atoms with van der Waals surface area (Å²) in [6, 6.07) is 5.76. The maximum absolute atomic E-state index is 13.3. The number of rotatable bonds is 7. The third-order valence-electron chi connectivity index (χ3n) is 2.45. The number of nitrogens with one attached hydrogen (secondary N) is 3. The fourth-order valence-electron chi connectivity index (χ4n) is 1.45. The number of carbonyl (C=O) groups is 2. The molecule has 3 N–H and O–H groups in total. The minimum Gasteiger partial charge on any atom is -0.354 e. The van der Waals surface area contributed by atoms with E-state index in [9.17, 15) is 14.0 Å². The molecule has 1 aromatic rings. The molecular formula is C13H18FN3O2. The molecule has 0 aliphatic carbocycles. The molecule has 0 aromatic heterocycles. The fraction of sp³-hybridized carbons (Fsp3) is 0.385. The summed E-state index contributed by atoms with van der Waals surface area (Å²) in [5.74, 6) is -1.13. The molecule has 1 rings (SSSR count). The van der Waals surface area contributed by atoms with Gasteiger partial charge in [0.1, 0.15) is 5.82 Å². The summed E-state index contributed by atoms with van der Waals surface area (Å²) in [7, 11) is 1.77. The highest BCUT2D eigenvalue weighted by molar-refractivity contribution is 5.94. The van der Waals surface area contributed by atoms with Crippen LogP contribution in [0.5, 0.6) is 0 Å². The number of hydrogen-bond donors (Lipinski definition) is 3. The maximum Gasteiger partial charge on any atom is 0.254 e. The quantitative estimate of drug-likeness (QED) is 0.622. The second-order valence-corrected chi connectivity index (χ2v) is 3.94. The molecule has 0 aliphatic rings. The van der Waals surface area contributed by atoms with Crippen molar-refractivity contribution in [3.05, 3.63) is 35.6 Å². The smallest absolute Gasteiger partial charge is 0.254 e. The first-order valence-corrected chi connectivity index (χ1v) is 6.09. The Kier molecular flexibility index (Phi) is 6.52. The molecule has 0 atom stereocenters. The molecule has 2 amide bonds. The van der Waals surface area contributed by atoms with Gasteiger partial charge in [-0.05, 0) is 19.2 Å². The Hall–Kier alpha value is -1.95. The first-order valence-electron chi connectivity index (χ1n) is 6.09. The van der Waals surface area contributed by atoms with Crippen molar-refractivity contribution in [2.75, 3.05) is 26.7 Å². The van der Waals surface area contributed by atoms with Gasteiger partial charge in [-0.2, -0.15) is 0 Å². The summed E-state index contributed by atoms with van der Waals surface area (Å²) in [5.41, 5.74) is 0.00371. The molecule has 0 heterocycles. The summed E-state index contributed by atoms with van der Waals surface area (Å²) in [6.07, 6.45) is 0.387. The van der Waals surface area contributed by atoms with E-state index in [2.05, 4.69) is 16.0 Å². The van der Waals surface area contributed by atoms with Gasteiger partial charge in [0.25, 0.3) is 5.91 Å². The highest BCUT2D eigenvalue weighted by atomic mass is 19.1. The Labute approximate surface area is 111 Å². The Bertz CT molecular complexity index is 438. The van der Waals surface area contributed by atoms with Crippen molar-refractivity contribution in [3.8, 4) is 0 Å². The van der Waals surface area contributed by atoms with Gasteiger partial charge in [-0.3, -0.25) is 9.59 Å². The molecule has 104 valence electrons. The predicted octanol–water partition coefficient (Wildman–Crippen LogP) is 0.281. The van der Waals surface area contributed by atoms with Gasteiger partial charge in [-0.25, -0.2) is 4.39 Å². The van der Waals surface area contributed by atoms with E-state index < -0.39 is 11.7 Å². The van der Waals surface area contributed by atoms with Gasteiger partial charge in [0.15, 0.2) is 0 Å². The van der Waals surface area contributed by atoms with Gasteiger partial charge in [0.05, 0.1) is 5.56 Å². The molecule has 6 heteroatoms. The van der Waals surface area contributed by atoms with E-state index in [0.717, 1.165) is 0 Å². The maximum atomic E-state index is 13.3. The molecule has 0 radical (unpaired) electrons. The predicted molar refractivity (Wildman–Crippen MR) is 70.3 cm³/mol. The summed E-state index contributed by atoms with van der Waals surface area (Å²) in [4.78, 5) is 22.9. The van der Waals surface area contributed by atoms with E-state index in [4.69, 9.17) is 0 Å². The van der Waals surface area contributed by atoms with Gasteiger partial charge < -0.3 is 16.0 Å². The van der Waals surface area contributed by atoms with Crippen molar-refractivity contribution >= 4 is 11.8 Å². The highest BCUT2D eigenvalue weighted by Gasteiger charge is 2.09. The first-order chi connectivity index (χ1) is 9.15. The van der Waals surface area contributed by atoms with E-state index in [1.165, 1.54) is 18.2 Å². The van der Waals surface area contributed by atoms with Crippen molar-refractivity contribution in [1.82, 2.24) is 16.0 Å². The Morgan fingerprint density at radius 3 is 2.47 bits per heavy atom. The first kappa shape index (κ1) is 15.1. The molecule has 5 nitrogen and oxygen atoms in total. The average molecular weight is 267 g/mol. The van der Waals surface area contributed by atoms with Gasteiger partial charge >= 0.3 is 0 Å². The van der Waals surface area contributed by atoms with E-state index in [-0.39, 0.29) is 18.0 Å². The zero-order chi connectivity index (χ0) is 14.1. The number of amides is 2. The zero-order valence-corrected chi connectivity index (χ0v) is 10.8. The Balaban J connectivity index is 2.25. The van der Waals surface area contributed by atoms with Crippen LogP contribution < -0.4 is 16.0 Å². The topological polar surface area (TPSA) is 70.2 Å². The minimum absolute atomic E-state index is 0.00371. The van der Waals surface area contributed by atoms with Crippen LogP contribution in [0.4, 0.5) is 4.39 Å². The lowest BCUT2D eigenvalue weighted by Crippen LogP contribution is -2.35. The van der Waals surface area contributed by atoms with Gasteiger partial charge in [-0.1, -0.05) is 12.1 Å². The zero-order valence-electron chi connectivity index (χ0n) is 10.8. The van der Waals surface area contributed by atoms with Crippen LogP contribution in [-0.2, 0) is 4.79 Å². The number of benzene rings is 1. The van der Waals surface area contributed by atoms with Crippen LogP contribution in [-0.4, -0.2) is 38.5 Å². The number of halogens is 1. The van der Waals surface area contributed by atoms with Crippen LogP contribution in [0.25, 0.3) is 0 Å². The van der Waals surface area contributed by atoms with Gasteiger partial charge in [0, 0.05) is 26.1 Å². The molecule has 0 aliphatic heterocycles. The van der Waals surface area contributed by atoms with E-state index in [1.807, 2.05) is 0 Å². The summed E-state index contributed by atoms with van der Waals surface area (Å²) in [6.45, 7) is 1.19. The lowest BCUT2D eigenvalue weighted by atomic mass is 10.2. The molecule has 0 saturated heterocycles. The molecule has 1 aromatic carbocycles. The second-order valence-electron chi connectivity index (χ2n) is 3.94. The lowest BCUT2D eigenvalue weighted by Gasteiger charge is -2.07. The molecule has 0 fully saturated rings. The van der Waals surface area contributed by atoms with Crippen LogP contribution in [0.15, 0.2) is 24.3 Å². The van der Waals surface area contributed by atoms with Crippen molar-refractivity contribution < 1.29 is 14.0 Å². The third kappa shape index (κ3) is 5.48. The average Bonchev–Trinajstić information content (AvgIpc) is 2.41. The summed E-state index contributed by atoms with van der Waals surface area (Å²) < 4.78 is 13.3. The third-order valence-corrected chi connectivity index (χ3v) is 2.45. The van der Waals surface area contributed by atoms with Crippen LogP contribution in [0.1, 0.15) is 16.8 Å². The van der Waals surface area contributed by atoms with Crippen molar-refractivity contribution in [2.45, 2.75) is 6.42 Å². The van der Waals surface area contributed by atoms with Crippen molar-refractivity contribution in [3.63, 3.8) is 0 Å². The Morgan fingerprint density at radius 2 is 1.79 bits per heavy atom. The van der Waals surface area contributed by atoms with Crippen LogP contribution in [0.3, 0.4) is 0 Å². The number of carbonyl (C=O) groups excluding carboxylic acids is 2. The molecule has 0 bridgehead atoms. The molecule has 19 heavy (non-hydrogen) atoms. The SMILES string of the molecule is CNCCC(=O)NCCNC(=O)c1ccccc1F. The normalized spacial score (nSPS) is 10.0. The van der Waals surface area contributed by atoms with Crippen LogP contribution in [0.2, 0.25) is 0 Å². The minimum atomic E-state index is -0.557. The van der Waals surface area contributed by atoms with Crippen LogP contribution in [0, 0.1) is 5.82 Å². The molecular weight excluding hydrogens is 249 g/mol. The van der Waals surface area contributed by atoms with Gasteiger partial charge in [0.2, 0.25) is 5.91 Å². The summed E-state index contributed by atoms with van der Waals surface area (Å²) in [5, 5.41) is 8.06. The summed E-state index contributed by atoms with van der Waals surface area (Å²) >= 11 is 0. The van der Waals surface area contributed by atoms with Crippen molar-refractivity contribution in [1.29, 1.82) is 0 Å². The lowest BCUT2D eigenvalue weighted by molar-refractivity contribution is -0.120. The van der Waals surface area contributed by atoms with E-state index >= 15 is 0 Å². The molecule has 0 unspecified atom stereocenters. The Morgan fingerprint density at radius 1 is 1.11 bits per heavy atom.